The number of ether oxygens (including phenoxy) is 1. The molecular weight excluding hydrogens is 435 g/mol. The molecule has 0 unspecified atom stereocenters. The van der Waals surface area contributed by atoms with Crippen LogP contribution in [0.25, 0.3) is 0 Å². The minimum Gasteiger partial charge on any atom is -0.494 e. The van der Waals surface area contributed by atoms with Crippen molar-refractivity contribution in [2.24, 2.45) is 0 Å². The first-order valence-electron chi connectivity index (χ1n) is 10.5. The Hall–Kier alpha value is -2.24. The number of carbonyl (C=O) groups is 2. The average Bonchev–Trinajstić information content (AvgIpc) is 2.76. The molecule has 168 valence electrons. The van der Waals surface area contributed by atoms with Crippen LogP contribution in [-0.2, 0) is 16.1 Å². The molecule has 0 aliphatic carbocycles. The second-order valence-electron chi connectivity index (χ2n) is 7.48. The van der Waals surface area contributed by atoms with Crippen molar-refractivity contribution in [3.05, 3.63) is 64.1 Å². The third-order valence-corrected chi connectivity index (χ3v) is 5.81. The van der Waals surface area contributed by atoms with Crippen LogP contribution in [0.5, 0.6) is 5.75 Å². The van der Waals surface area contributed by atoms with Gasteiger partial charge in [0.2, 0.25) is 11.8 Å². The van der Waals surface area contributed by atoms with Crippen LogP contribution in [0.15, 0.2) is 48.5 Å². The molecule has 0 aliphatic rings. The molecule has 0 heterocycles. The Morgan fingerprint density at radius 1 is 1.03 bits per heavy atom. The highest BCUT2D eigenvalue weighted by molar-refractivity contribution is 6.36. The normalized spacial score (nSPS) is 12.7. The Labute approximate surface area is 194 Å². The molecule has 2 aromatic rings. The zero-order valence-corrected chi connectivity index (χ0v) is 19.7. The predicted molar refractivity (Wildman–Crippen MR) is 126 cm³/mol. The average molecular weight is 465 g/mol. The van der Waals surface area contributed by atoms with Crippen molar-refractivity contribution in [3.8, 4) is 5.75 Å². The van der Waals surface area contributed by atoms with Crippen molar-refractivity contribution in [1.82, 2.24) is 10.2 Å². The first-order valence-corrected chi connectivity index (χ1v) is 11.3. The van der Waals surface area contributed by atoms with Crippen LogP contribution in [-0.4, -0.2) is 35.4 Å². The number of para-hydroxylation sites is 1. The van der Waals surface area contributed by atoms with Crippen LogP contribution in [0.2, 0.25) is 10.0 Å². The van der Waals surface area contributed by atoms with Gasteiger partial charge in [0.05, 0.1) is 6.61 Å². The fraction of sp³-hybridized carbons (Fsp3) is 0.417. The van der Waals surface area contributed by atoms with Gasteiger partial charge in [0.1, 0.15) is 11.8 Å². The Balaban J connectivity index is 2.08. The van der Waals surface area contributed by atoms with E-state index >= 15 is 0 Å². The molecule has 5 nitrogen and oxygen atoms in total. The topological polar surface area (TPSA) is 58.6 Å². The lowest BCUT2D eigenvalue weighted by Gasteiger charge is -2.30. The lowest BCUT2D eigenvalue weighted by atomic mass is 10.1. The van der Waals surface area contributed by atoms with E-state index in [1.807, 2.05) is 44.2 Å². The van der Waals surface area contributed by atoms with Gasteiger partial charge in [0.15, 0.2) is 0 Å². The van der Waals surface area contributed by atoms with Gasteiger partial charge in [0.25, 0.3) is 0 Å². The number of hydrogen-bond donors (Lipinski definition) is 1. The summed E-state index contributed by atoms with van der Waals surface area (Å²) >= 11 is 12.6. The second kappa shape index (κ2) is 12.6. The fourth-order valence-electron chi connectivity index (χ4n) is 2.98. The molecule has 31 heavy (non-hydrogen) atoms. The summed E-state index contributed by atoms with van der Waals surface area (Å²) in [6, 6.07) is 14.0. The molecule has 0 spiro atoms. The minimum atomic E-state index is -0.663. The van der Waals surface area contributed by atoms with Gasteiger partial charge in [-0.25, -0.2) is 0 Å². The quantitative estimate of drug-likeness (QED) is 0.447. The Kier molecular flexibility index (Phi) is 10.2. The SMILES string of the molecule is CC[C@@H](C)NC(=O)[C@H](C)N(Cc1c(Cl)cccc1Cl)C(=O)CCCOc1ccccc1. The predicted octanol–water partition coefficient (Wildman–Crippen LogP) is 5.48. The molecule has 0 saturated heterocycles. The van der Waals surface area contributed by atoms with E-state index < -0.39 is 6.04 Å². The molecule has 2 aromatic carbocycles. The van der Waals surface area contributed by atoms with Crippen molar-refractivity contribution in [2.45, 2.75) is 58.7 Å². The molecule has 0 aromatic heterocycles. The number of rotatable bonds is 11. The van der Waals surface area contributed by atoms with Gasteiger partial charge >= 0.3 is 0 Å². The van der Waals surface area contributed by atoms with E-state index in [-0.39, 0.29) is 30.8 Å². The van der Waals surface area contributed by atoms with Gasteiger partial charge in [-0.05, 0) is 51.0 Å². The van der Waals surface area contributed by atoms with E-state index in [0.717, 1.165) is 12.2 Å². The molecule has 1 N–H and O–H groups in total. The van der Waals surface area contributed by atoms with Gasteiger partial charge in [0, 0.05) is 34.6 Å². The third kappa shape index (κ3) is 7.75. The van der Waals surface area contributed by atoms with E-state index in [0.29, 0.717) is 28.6 Å². The van der Waals surface area contributed by atoms with Gasteiger partial charge in [-0.2, -0.15) is 0 Å². The number of benzene rings is 2. The van der Waals surface area contributed by atoms with Crippen molar-refractivity contribution in [1.29, 1.82) is 0 Å². The molecule has 0 aliphatic heterocycles. The van der Waals surface area contributed by atoms with E-state index in [2.05, 4.69) is 5.32 Å². The highest BCUT2D eigenvalue weighted by Crippen LogP contribution is 2.27. The molecule has 2 amide bonds. The fourth-order valence-corrected chi connectivity index (χ4v) is 3.49. The zero-order valence-electron chi connectivity index (χ0n) is 18.2. The van der Waals surface area contributed by atoms with Crippen molar-refractivity contribution in [3.63, 3.8) is 0 Å². The summed E-state index contributed by atoms with van der Waals surface area (Å²) in [5.74, 6) is 0.404. The van der Waals surface area contributed by atoms with Crippen LogP contribution in [0, 0.1) is 0 Å². The minimum absolute atomic E-state index is 0.0232. The van der Waals surface area contributed by atoms with Gasteiger partial charge in [-0.3, -0.25) is 9.59 Å². The van der Waals surface area contributed by atoms with E-state index in [4.69, 9.17) is 27.9 Å². The molecule has 2 rings (SSSR count). The smallest absolute Gasteiger partial charge is 0.242 e. The Morgan fingerprint density at radius 2 is 1.68 bits per heavy atom. The van der Waals surface area contributed by atoms with Crippen LogP contribution in [0.1, 0.15) is 45.6 Å². The Bertz CT molecular complexity index is 841. The van der Waals surface area contributed by atoms with Crippen LogP contribution < -0.4 is 10.1 Å². The summed E-state index contributed by atoms with van der Waals surface area (Å²) in [6.07, 6.45) is 1.58. The maximum absolute atomic E-state index is 13.1. The summed E-state index contributed by atoms with van der Waals surface area (Å²) in [5.41, 5.74) is 0.628. The maximum atomic E-state index is 13.1. The summed E-state index contributed by atoms with van der Waals surface area (Å²) < 4.78 is 5.68. The van der Waals surface area contributed by atoms with E-state index in [9.17, 15) is 9.59 Å². The van der Waals surface area contributed by atoms with E-state index in [1.54, 1.807) is 25.1 Å². The molecule has 0 fully saturated rings. The lowest BCUT2D eigenvalue weighted by molar-refractivity contribution is -0.141. The summed E-state index contributed by atoms with van der Waals surface area (Å²) in [4.78, 5) is 27.4. The highest BCUT2D eigenvalue weighted by atomic mass is 35.5. The standard InChI is InChI=1S/C24H30Cl2N2O3/c1-4-17(2)27-24(30)18(3)28(16-20-21(25)12-8-13-22(20)26)23(29)14-9-15-31-19-10-6-5-7-11-19/h5-8,10-13,17-18H,4,9,14-16H2,1-3H3,(H,27,30)/t17-,18+/m1/s1. The first kappa shape index (κ1) is 25.0. The van der Waals surface area contributed by atoms with Gasteiger partial charge < -0.3 is 15.0 Å². The van der Waals surface area contributed by atoms with Gasteiger partial charge in [-0.1, -0.05) is 54.4 Å². The number of nitrogens with one attached hydrogen (secondary N) is 1. The van der Waals surface area contributed by atoms with E-state index in [1.165, 1.54) is 4.90 Å². The number of nitrogens with zero attached hydrogens (tertiary/aromatic N) is 1. The number of hydrogen-bond acceptors (Lipinski definition) is 3. The molecule has 0 bridgehead atoms. The summed E-state index contributed by atoms with van der Waals surface area (Å²) in [7, 11) is 0. The lowest BCUT2D eigenvalue weighted by Crippen LogP contribution is -2.49. The summed E-state index contributed by atoms with van der Waals surface area (Å²) in [6.45, 7) is 6.22. The largest absolute Gasteiger partial charge is 0.494 e. The molecular formula is C24H30Cl2N2O3. The highest BCUT2D eigenvalue weighted by Gasteiger charge is 2.27. The van der Waals surface area contributed by atoms with Crippen molar-refractivity contribution < 1.29 is 14.3 Å². The number of carbonyl (C=O) groups excluding carboxylic acids is 2. The van der Waals surface area contributed by atoms with Crippen LogP contribution >= 0.6 is 23.2 Å². The van der Waals surface area contributed by atoms with Crippen molar-refractivity contribution >= 4 is 35.0 Å². The molecule has 0 radical (unpaired) electrons. The van der Waals surface area contributed by atoms with Crippen molar-refractivity contribution in [2.75, 3.05) is 6.61 Å². The molecule has 2 atom stereocenters. The first-order chi connectivity index (χ1) is 14.8. The van der Waals surface area contributed by atoms with Crippen LogP contribution in [0.4, 0.5) is 0 Å². The number of amides is 2. The third-order valence-electron chi connectivity index (χ3n) is 5.11. The number of halogens is 2. The molecule has 7 heteroatoms. The van der Waals surface area contributed by atoms with Crippen LogP contribution in [0.3, 0.4) is 0 Å². The van der Waals surface area contributed by atoms with Gasteiger partial charge in [-0.15, -0.1) is 0 Å². The maximum Gasteiger partial charge on any atom is 0.242 e. The monoisotopic (exact) mass is 464 g/mol. The second-order valence-corrected chi connectivity index (χ2v) is 8.30. The Morgan fingerprint density at radius 3 is 2.29 bits per heavy atom. The summed E-state index contributed by atoms with van der Waals surface area (Å²) in [5, 5.41) is 3.88. The molecule has 0 saturated carbocycles. The zero-order chi connectivity index (χ0) is 22.8.